The Hall–Kier alpha value is -2.13. The molecule has 1 aromatic heterocycles. The average Bonchev–Trinajstić information content (AvgIpc) is 3.14. The minimum Gasteiger partial charge on any atom is -0.383 e. The first-order valence-electron chi connectivity index (χ1n) is 10.3. The highest BCUT2D eigenvalue weighted by molar-refractivity contribution is 5.95. The van der Waals surface area contributed by atoms with Gasteiger partial charge in [0.15, 0.2) is 5.69 Å². The summed E-state index contributed by atoms with van der Waals surface area (Å²) in [5.41, 5.74) is 5.00. The van der Waals surface area contributed by atoms with E-state index in [-0.39, 0.29) is 48.4 Å². The van der Waals surface area contributed by atoms with Crippen LogP contribution in [-0.4, -0.2) is 47.9 Å². The quantitative estimate of drug-likeness (QED) is 0.562. The van der Waals surface area contributed by atoms with Gasteiger partial charge in [0, 0.05) is 19.7 Å². The lowest BCUT2D eigenvalue weighted by Gasteiger charge is -2.26. The number of nitrogen functional groups attached to an aromatic ring is 1. The highest BCUT2D eigenvalue weighted by Gasteiger charge is 2.25. The fraction of sp³-hybridized carbons (Fsp3) is 0.750. The monoisotopic (exact) mass is 410 g/mol. The van der Waals surface area contributed by atoms with Crippen molar-refractivity contribution < 1.29 is 14.3 Å². The number of anilines is 2. The number of aromatic nitrogens is 2. The summed E-state index contributed by atoms with van der Waals surface area (Å²) in [6.07, 6.45) is 2.21. The molecular formula is C20H34N4O5. The maximum absolute atomic E-state index is 12.9. The zero-order valence-corrected chi connectivity index (χ0v) is 17.9. The summed E-state index contributed by atoms with van der Waals surface area (Å²) in [5.74, 6) is 0.00459. The molecule has 0 aliphatic carbocycles. The van der Waals surface area contributed by atoms with Crippen LogP contribution in [0.15, 0.2) is 9.59 Å². The smallest absolute Gasteiger partial charge is 0.330 e. The Balaban J connectivity index is 2.18. The van der Waals surface area contributed by atoms with E-state index in [0.717, 1.165) is 19.4 Å². The topological polar surface area (TPSA) is 120 Å². The van der Waals surface area contributed by atoms with Crippen molar-refractivity contribution >= 4 is 17.4 Å². The lowest BCUT2D eigenvalue weighted by molar-refractivity contribution is -0.120. The molecule has 1 atom stereocenters. The van der Waals surface area contributed by atoms with Crippen molar-refractivity contribution in [2.45, 2.75) is 59.6 Å². The molecule has 3 N–H and O–H groups in total. The van der Waals surface area contributed by atoms with E-state index in [1.807, 2.05) is 27.7 Å². The Kier molecular flexibility index (Phi) is 8.45. The molecule has 1 amide bonds. The second-order valence-corrected chi connectivity index (χ2v) is 8.36. The standard InChI is InChI=1S/C20H34N4O5/c1-13(2)10-23(16(25)7-9-28-12-15-6-5-8-29-15)17-18(21)24(11-14(3)4)20(27)22-19(17)26/h13-15H,5-12,21H2,1-4H3,(H,22,26,27). The molecule has 2 rings (SSSR count). The van der Waals surface area contributed by atoms with Crippen LogP contribution in [0, 0.1) is 11.8 Å². The van der Waals surface area contributed by atoms with Gasteiger partial charge in [-0.2, -0.15) is 0 Å². The third-order valence-corrected chi connectivity index (χ3v) is 4.67. The predicted octanol–water partition coefficient (Wildman–Crippen LogP) is 1.35. The second-order valence-electron chi connectivity index (χ2n) is 8.36. The van der Waals surface area contributed by atoms with E-state index >= 15 is 0 Å². The number of ether oxygens (including phenoxy) is 2. The summed E-state index contributed by atoms with van der Waals surface area (Å²) in [6.45, 7) is 9.89. The Morgan fingerprint density at radius 2 is 2.03 bits per heavy atom. The first-order valence-corrected chi connectivity index (χ1v) is 10.3. The fourth-order valence-electron chi connectivity index (χ4n) is 3.35. The molecule has 164 valence electrons. The number of hydrogen-bond donors (Lipinski definition) is 2. The van der Waals surface area contributed by atoms with E-state index in [1.54, 1.807) is 0 Å². The molecule has 1 fully saturated rings. The van der Waals surface area contributed by atoms with E-state index in [1.165, 1.54) is 9.47 Å². The van der Waals surface area contributed by atoms with Crippen LogP contribution >= 0.6 is 0 Å². The van der Waals surface area contributed by atoms with Crippen LogP contribution in [0.5, 0.6) is 0 Å². The third kappa shape index (κ3) is 6.43. The zero-order chi connectivity index (χ0) is 21.6. The van der Waals surface area contributed by atoms with Gasteiger partial charge in [0.2, 0.25) is 5.91 Å². The number of carbonyl (C=O) groups is 1. The van der Waals surface area contributed by atoms with Crippen LogP contribution in [0.4, 0.5) is 11.5 Å². The van der Waals surface area contributed by atoms with Gasteiger partial charge in [-0.05, 0) is 24.7 Å². The summed E-state index contributed by atoms with van der Waals surface area (Å²) >= 11 is 0. The van der Waals surface area contributed by atoms with E-state index in [4.69, 9.17) is 15.2 Å². The number of amides is 1. The van der Waals surface area contributed by atoms with Gasteiger partial charge in [-0.15, -0.1) is 0 Å². The Morgan fingerprint density at radius 1 is 1.31 bits per heavy atom. The minimum absolute atomic E-state index is 0.0155. The third-order valence-electron chi connectivity index (χ3n) is 4.67. The molecule has 0 radical (unpaired) electrons. The van der Waals surface area contributed by atoms with Crippen molar-refractivity contribution in [3.05, 3.63) is 20.8 Å². The summed E-state index contributed by atoms with van der Waals surface area (Å²) in [6, 6.07) is 0. The van der Waals surface area contributed by atoms with E-state index in [0.29, 0.717) is 19.7 Å². The Labute approximate surface area is 171 Å². The molecule has 1 aliphatic rings. The van der Waals surface area contributed by atoms with Gasteiger partial charge in [0.25, 0.3) is 5.56 Å². The van der Waals surface area contributed by atoms with Crippen LogP contribution in [-0.2, 0) is 20.8 Å². The number of rotatable bonds is 10. The van der Waals surface area contributed by atoms with Gasteiger partial charge < -0.3 is 20.1 Å². The highest BCUT2D eigenvalue weighted by atomic mass is 16.5. The number of nitrogens with two attached hydrogens (primary N) is 1. The van der Waals surface area contributed by atoms with Crippen LogP contribution < -0.4 is 21.9 Å². The predicted molar refractivity (Wildman–Crippen MR) is 112 cm³/mol. The lowest BCUT2D eigenvalue weighted by Crippen LogP contribution is -2.43. The molecule has 1 aliphatic heterocycles. The van der Waals surface area contributed by atoms with Crippen LogP contribution in [0.1, 0.15) is 47.0 Å². The van der Waals surface area contributed by atoms with Gasteiger partial charge in [0.05, 0.1) is 25.7 Å². The molecule has 0 aromatic carbocycles. The summed E-state index contributed by atoms with van der Waals surface area (Å²) in [4.78, 5) is 41.3. The number of hydrogen-bond acceptors (Lipinski definition) is 6. The van der Waals surface area contributed by atoms with Gasteiger partial charge in [-0.3, -0.25) is 19.1 Å². The molecule has 0 spiro atoms. The number of carbonyl (C=O) groups excluding carboxylic acids is 1. The Morgan fingerprint density at radius 3 is 2.62 bits per heavy atom. The highest BCUT2D eigenvalue weighted by Crippen LogP contribution is 2.20. The molecule has 0 saturated carbocycles. The number of nitrogens with zero attached hydrogens (tertiary/aromatic N) is 2. The van der Waals surface area contributed by atoms with E-state index < -0.39 is 11.2 Å². The summed E-state index contributed by atoms with van der Waals surface area (Å²) in [7, 11) is 0. The second kappa shape index (κ2) is 10.6. The molecule has 0 bridgehead atoms. The minimum atomic E-state index is -0.651. The average molecular weight is 411 g/mol. The normalized spacial score (nSPS) is 16.7. The van der Waals surface area contributed by atoms with Crippen molar-refractivity contribution in [3.8, 4) is 0 Å². The largest absolute Gasteiger partial charge is 0.383 e. The van der Waals surface area contributed by atoms with E-state index in [2.05, 4.69) is 4.98 Å². The molecular weight excluding hydrogens is 376 g/mol. The molecule has 2 heterocycles. The molecule has 1 unspecified atom stereocenters. The first kappa shape index (κ1) is 23.2. The number of H-pyrrole nitrogens is 1. The van der Waals surface area contributed by atoms with Crippen LogP contribution in [0.2, 0.25) is 0 Å². The van der Waals surface area contributed by atoms with Crippen molar-refractivity contribution in [2.75, 3.05) is 37.0 Å². The fourth-order valence-corrected chi connectivity index (χ4v) is 3.35. The number of nitrogens with one attached hydrogen (secondary N) is 1. The van der Waals surface area contributed by atoms with Crippen molar-refractivity contribution in [1.82, 2.24) is 9.55 Å². The van der Waals surface area contributed by atoms with E-state index in [9.17, 15) is 14.4 Å². The van der Waals surface area contributed by atoms with Crippen molar-refractivity contribution in [2.24, 2.45) is 11.8 Å². The van der Waals surface area contributed by atoms with Gasteiger partial charge >= 0.3 is 5.69 Å². The molecule has 9 heteroatoms. The van der Waals surface area contributed by atoms with Gasteiger partial charge in [-0.25, -0.2) is 4.79 Å². The van der Waals surface area contributed by atoms with Crippen LogP contribution in [0.3, 0.4) is 0 Å². The zero-order valence-electron chi connectivity index (χ0n) is 17.9. The van der Waals surface area contributed by atoms with Crippen molar-refractivity contribution in [1.29, 1.82) is 0 Å². The van der Waals surface area contributed by atoms with Crippen molar-refractivity contribution in [3.63, 3.8) is 0 Å². The summed E-state index contributed by atoms with van der Waals surface area (Å²) < 4.78 is 12.4. The SMILES string of the molecule is CC(C)CN(C(=O)CCOCC1CCCO1)c1c(N)n(CC(C)C)c(=O)[nH]c1=O. The molecule has 1 saturated heterocycles. The first-order chi connectivity index (χ1) is 13.7. The maximum Gasteiger partial charge on any atom is 0.330 e. The molecule has 1 aromatic rings. The maximum atomic E-state index is 12.9. The lowest BCUT2D eigenvalue weighted by atomic mass is 10.1. The summed E-state index contributed by atoms with van der Waals surface area (Å²) in [5, 5.41) is 0. The Bertz CT molecular complexity index is 793. The number of aromatic amines is 1. The van der Waals surface area contributed by atoms with Crippen LogP contribution in [0.25, 0.3) is 0 Å². The molecule has 9 nitrogen and oxygen atoms in total. The van der Waals surface area contributed by atoms with Gasteiger partial charge in [-0.1, -0.05) is 27.7 Å². The molecule has 29 heavy (non-hydrogen) atoms. The van der Waals surface area contributed by atoms with Gasteiger partial charge in [0.1, 0.15) is 5.82 Å².